The zero-order valence-corrected chi connectivity index (χ0v) is 9.84. The van der Waals surface area contributed by atoms with E-state index in [4.69, 9.17) is 11.6 Å². The zero-order valence-electron chi connectivity index (χ0n) is 9.08. The maximum absolute atomic E-state index is 13.1. The van der Waals surface area contributed by atoms with Crippen molar-refractivity contribution < 1.29 is 23.0 Å². The highest BCUT2D eigenvalue weighted by Gasteiger charge is 2.42. The van der Waals surface area contributed by atoms with Gasteiger partial charge in [0.2, 0.25) is 0 Å². The number of hydrogen-bond donors (Lipinski definition) is 0. The monoisotopic (exact) mass is 264 g/mol. The zero-order chi connectivity index (χ0) is 12.9. The molecule has 6 heteroatoms. The number of ether oxygens (including phenoxy) is 2. The molecule has 0 fully saturated rings. The molecule has 0 saturated heterocycles. The van der Waals surface area contributed by atoms with Gasteiger partial charge in [0.05, 0.1) is 13.2 Å². The highest BCUT2D eigenvalue weighted by atomic mass is 35.5. The Kier molecular flexibility index (Phi) is 4.84. The van der Waals surface area contributed by atoms with Crippen molar-refractivity contribution in [2.45, 2.75) is 19.6 Å². The molecule has 0 spiro atoms. The van der Waals surface area contributed by atoms with Crippen molar-refractivity contribution >= 4 is 17.6 Å². The maximum atomic E-state index is 13.1. The molecule has 0 heterocycles. The predicted molar refractivity (Wildman–Crippen MR) is 57.8 cm³/mol. The number of hydrogen-bond acceptors (Lipinski definition) is 3. The SMILES string of the molecule is CCOC(=O)C(F)(F)OCc1ccccc1Cl. The average Bonchev–Trinajstić information content (AvgIpc) is 2.28. The molecule has 1 aromatic rings. The minimum atomic E-state index is -3.96. The van der Waals surface area contributed by atoms with Crippen LogP contribution in [0.15, 0.2) is 24.3 Å². The van der Waals surface area contributed by atoms with E-state index in [-0.39, 0.29) is 6.61 Å². The molecule has 0 amide bonds. The lowest BCUT2D eigenvalue weighted by molar-refractivity contribution is -0.254. The molecule has 94 valence electrons. The lowest BCUT2D eigenvalue weighted by Crippen LogP contribution is -2.33. The minimum absolute atomic E-state index is 0.135. The Morgan fingerprint density at radius 3 is 2.65 bits per heavy atom. The number of benzene rings is 1. The van der Waals surface area contributed by atoms with Crippen LogP contribution in [0.3, 0.4) is 0 Å². The van der Waals surface area contributed by atoms with Gasteiger partial charge in [0.15, 0.2) is 0 Å². The van der Waals surface area contributed by atoms with Crippen LogP contribution < -0.4 is 0 Å². The molecule has 0 aliphatic rings. The van der Waals surface area contributed by atoms with E-state index < -0.39 is 18.7 Å². The summed E-state index contributed by atoms with van der Waals surface area (Å²) in [5.41, 5.74) is 0.373. The summed E-state index contributed by atoms with van der Waals surface area (Å²) >= 11 is 5.75. The van der Waals surface area contributed by atoms with Gasteiger partial charge in [0, 0.05) is 5.02 Å². The molecule has 0 unspecified atom stereocenters. The second-order valence-electron chi connectivity index (χ2n) is 3.12. The summed E-state index contributed by atoms with van der Waals surface area (Å²) in [6, 6.07) is 6.37. The molecule has 0 radical (unpaired) electrons. The Morgan fingerprint density at radius 2 is 2.06 bits per heavy atom. The first-order chi connectivity index (χ1) is 7.97. The van der Waals surface area contributed by atoms with Gasteiger partial charge in [-0.25, -0.2) is 4.79 Å². The second-order valence-corrected chi connectivity index (χ2v) is 3.52. The summed E-state index contributed by atoms with van der Waals surface area (Å²) < 4.78 is 34.6. The summed E-state index contributed by atoms with van der Waals surface area (Å²) in [5, 5.41) is 0.298. The second kappa shape index (κ2) is 5.93. The first-order valence-corrected chi connectivity index (χ1v) is 5.27. The smallest absolute Gasteiger partial charge is 0.456 e. The first-order valence-electron chi connectivity index (χ1n) is 4.89. The van der Waals surface area contributed by atoms with Gasteiger partial charge in [-0.05, 0) is 18.6 Å². The van der Waals surface area contributed by atoms with E-state index in [1.54, 1.807) is 18.2 Å². The molecule has 0 atom stereocenters. The van der Waals surface area contributed by atoms with Crippen LogP contribution in [0, 0.1) is 0 Å². The Labute approximate surface area is 102 Å². The van der Waals surface area contributed by atoms with Gasteiger partial charge in [-0.1, -0.05) is 29.8 Å². The maximum Gasteiger partial charge on any atom is 0.456 e. The lowest BCUT2D eigenvalue weighted by atomic mass is 10.2. The van der Waals surface area contributed by atoms with E-state index in [1.807, 2.05) is 0 Å². The van der Waals surface area contributed by atoms with E-state index in [9.17, 15) is 13.6 Å². The third-order valence-corrected chi connectivity index (χ3v) is 2.25. The number of carbonyl (C=O) groups is 1. The van der Waals surface area contributed by atoms with Crippen LogP contribution in [0.2, 0.25) is 5.02 Å². The van der Waals surface area contributed by atoms with Crippen LogP contribution in [0.25, 0.3) is 0 Å². The van der Waals surface area contributed by atoms with Crippen LogP contribution >= 0.6 is 11.6 Å². The fourth-order valence-electron chi connectivity index (χ4n) is 1.06. The van der Waals surface area contributed by atoms with Gasteiger partial charge in [0.1, 0.15) is 0 Å². The standard InChI is InChI=1S/C11H11ClF2O3/c1-2-16-10(15)11(13,14)17-7-8-5-3-4-6-9(8)12/h3-6H,2,7H2,1H3. The summed E-state index contributed by atoms with van der Waals surface area (Å²) in [5.74, 6) is -1.70. The number of carbonyl (C=O) groups excluding carboxylic acids is 1. The highest BCUT2D eigenvalue weighted by molar-refractivity contribution is 6.31. The fourth-order valence-corrected chi connectivity index (χ4v) is 1.25. The van der Waals surface area contributed by atoms with Crippen molar-refractivity contribution in [2.24, 2.45) is 0 Å². The van der Waals surface area contributed by atoms with Crippen molar-refractivity contribution in [2.75, 3.05) is 6.61 Å². The Bertz CT molecular complexity index is 396. The van der Waals surface area contributed by atoms with Gasteiger partial charge in [-0.2, -0.15) is 8.78 Å². The molecular formula is C11H11ClF2O3. The van der Waals surface area contributed by atoms with Gasteiger partial charge in [-0.15, -0.1) is 0 Å². The van der Waals surface area contributed by atoms with E-state index in [2.05, 4.69) is 9.47 Å². The van der Waals surface area contributed by atoms with Gasteiger partial charge in [0.25, 0.3) is 0 Å². The number of halogens is 3. The normalized spacial score (nSPS) is 11.3. The van der Waals surface area contributed by atoms with Crippen LogP contribution in [0.5, 0.6) is 0 Å². The van der Waals surface area contributed by atoms with Crippen LogP contribution in [0.1, 0.15) is 12.5 Å². The van der Waals surface area contributed by atoms with E-state index in [0.717, 1.165) is 0 Å². The summed E-state index contributed by atoms with van der Waals surface area (Å²) in [6.45, 7) is 0.831. The fraction of sp³-hybridized carbons (Fsp3) is 0.364. The summed E-state index contributed by atoms with van der Waals surface area (Å²) in [4.78, 5) is 10.8. The highest BCUT2D eigenvalue weighted by Crippen LogP contribution is 2.22. The molecule has 1 aromatic carbocycles. The van der Waals surface area contributed by atoms with E-state index in [1.165, 1.54) is 13.0 Å². The van der Waals surface area contributed by atoms with E-state index >= 15 is 0 Å². The third kappa shape index (κ3) is 3.94. The van der Waals surface area contributed by atoms with Crippen LogP contribution in [0.4, 0.5) is 8.78 Å². The van der Waals surface area contributed by atoms with Crippen molar-refractivity contribution in [3.8, 4) is 0 Å². The largest absolute Gasteiger partial charge is 0.460 e. The molecule has 0 saturated carbocycles. The molecule has 0 N–H and O–H groups in total. The Balaban J connectivity index is 2.61. The third-order valence-electron chi connectivity index (χ3n) is 1.88. The molecule has 1 rings (SSSR count). The molecular weight excluding hydrogens is 254 g/mol. The average molecular weight is 265 g/mol. The quantitative estimate of drug-likeness (QED) is 0.767. The first kappa shape index (κ1) is 13.9. The molecule has 0 aromatic heterocycles. The molecule has 3 nitrogen and oxygen atoms in total. The molecule has 0 aliphatic heterocycles. The van der Waals surface area contributed by atoms with Crippen LogP contribution in [-0.4, -0.2) is 18.7 Å². The van der Waals surface area contributed by atoms with Crippen molar-refractivity contribution in [1.82, 2.24) is 0 Å². The topological polar surface area (TPSA) is 35.5 Å². The van der Waals surface area contributed by atoms with Gasteiger partial charge >= 0.3 is 12.1 Å². The van der Waals surface area contributed by atoms with Crippen molar-refractivity contribution in [1.29, 1.82) is 0 Å². The minimum Gasteiger partial charge on any atom is -0.460 e. The van der Waals surface area contributed by atoms with Crippen LogP contribution in [-0.2, 0) is 20.9 Å². The summed E-state index contributed by atoms with van der Waals surface area (Å²) in [6.07, 6.45) is -3.96. The number of esters is 1. The Morgan fingerprint density at radius 1 is 1.41 bits per heavy atom. The number of alkyl halides is 2. The molecule has 0 aliphatic carbocycles. The van der Waals surface area contributed by atoms with Gasteiger partial charge in [-0.3, -0.25) is 0 Å². The lowest BCUT2D eigenvalue weighted by Gasteiger charge is -2.15. The van der Waals surface area contributed by atoms with E-state index in [0.29, 0.717) is 10.6 Å². The van der Waals surface area contributed by atoms with Crippen molar-refractivity contribution in [3.63, 3.8) is 0 Å². The molecule has 17 heavy (non-hydrogen) atoms. The predicted octanol–water partition coefficient (Wildman–Crippen LogP) is 3.01. The van der Waals surface area contributed by atoms with Gasteiger partial charge < -0.3 is 9.47 Å². The van der Waals surface area contributed by atoms with Crippen molar-refractivity contribution in [3.05, 3.63) is 34.9 Å². The molecule has 0 bridgehead atoms. The summed E-state index contributed by atoms with van der Waals surface area (Å²) in [7, 11) is 0. The Hall–Kier alpha value is -1.20. The number of rotatable bonds is 5.